The van der Waals surface area contributed by atoms with Crippen molar-refractivity contribution in [3.63, 3.8) is 0 Å². The summed E-state index contributed by atoms with van der Waals surface area (Å²) < 4.78 is 27.3. The molecule has 1 aromatic rings. The van der Waals surface area contributed by atoms with Crippen molar-refractivity contribution in [3.05, 3.63) is 47.7 Å². The van der Waals surface area contributed by atoms with Crippen LogP contribution >= 0.6 is 0 Å². The molecule has 4 rings (SSSR count). The molecule has 0 radical (unpaired) electrons. The normalized spacial score (nSPS) is 38.0. The average Bonchev–Trinajstić information content (AvgIpc) is 3.18. The van der Waals surface area contributed by atoms with Gasteiger partial charge in [-0.05, 0) is 29.7 Å². The molecule has 2 fully saturated rings. The zero-order valence-electron chi connectivity index (χ0n) is 21.1. The number of aliphatic hydroxyl groups is 5. The van der Waals surface area contributed by atoms with Crippen molar-refractivity contribution >= 4 is 18.0 Å². The van der Waals surface area contributed by atoms with Gasteiger partial charge in [0, 0.05) is 17.9 Å². The highest BCUT2D eigenvalue weighted by Gasteiger charge is 2.59. The van der Waals surface area contributed by atoms with Gasteiger partial charge in [0.15, 0.2) is 6.29 Å². The Balaban J connectivity index is 1.56. The van der Waals surface area contributed by atoms with E-state index in [1.807, 2.05) is 0 Å². The Hall–Kier alpha value is -3.04. The summed E-state index contributed by atoms with van der Waals surface area (Å²) in [4.78, 5) is 25.3. The fourth-order valence-corrected chi connectivity index (χ4v) is 5.20. The van der Waals surface area contributed by atoms with Crippen molar-refractivity contribution in [2.24, 2.45) is 17.8 Å². The van der Waals surface area contributed by atoms with E-state index in [9.17, 15) is 40.2 Å². The number of hydrogen-bond acceptors (Lipinski definition) is 13. The van der Waals surface area contributed by atoms with Gasteiger partial charge < -0.3 is 54.3 Å². The third-order valence-corrected chi connectivity index (χ3v) is 7.35. The van der Waals surface area contributed by atoms with E-state index in [4.69, 9.17) is 23.7 Å². The van der Waals surface area contributed by atoms with Crippen molar-refractivity contribution in [2.75, 3.05) is 13.7 Å². The highest BCUT2D eigenvalue weighted by Crippen LogP contribution is 2.49. The van der Waals surface area contributed by atoms with E-state index in [0.717, 1.165) is 19.4 Å². The minimum absolute atomic E-state index is 0.0140. The second kappa shape index (κ2) is 12.0. The van der Waals surface area contributed by atoms with Crippen LogP contribution in [0.2, 0.25) is 0 Å². The molecule has 13 heteroatoms. The van der Waals surface area contributed by atoms with Crippen LogP contribution < -0.4 is 0 Å². The number of aromatic hydroxyl groups is 1. The molecule has 0 unspecified atom stereocenters. The number of esters is 2. The Kier molecular flexibility index (Phi) is 8.91. The van der Waals surface area contributed by atoms with Gasteiger partial charge >= 0.3 is 11.9 Å². The number of aliphatic hydroxyl groups excluding tert-OH is 5. The molecule has 214 valence electrons. The largest absolute Gasteiger partial charge is 0.508 e. The lowest BCUT2D eigenvalue weighted by Gasteiger charge is -2.43. The number of carbonyl (C=O) groups is 2. The second-order valence-electron chi connectivity index (χ2n) is 9.68. The van der Waals surface area contributed by atoms with Gasteiger partial charge in [-0.1, -0.05) is 19.1 Å². The molecule has 2 heterocycles. The van der Waals surface area contributed by atoms with E-state index in [1.54, 1.807) is 19.1 Å². The summed E-state index contributed by atoms with van der Waals surface area (Å²) in [6.45, 7) is 0.968. The van der Waals surface area contributed by atoms with Crippen LogP contribution in [0.4, 0.5) is 0 Å². The summed E-state index contributed by atoms with van der Waals surface area (Å²) in [6, 6.07) is 6.06. The standard InChI is InChI=1S/C26H32O13/c1-11-17-18(23(19(11)30)38-16(29)8-5-12-3-6-13(28)7-4-12)14(24(34)35-2)10-36-25(17)39-26-22(33)21(32)20(31)15(9-27)37-26/h3-8,10-11,15,17-23,25-28,30-33H,9H2,1-2H3/t11-,15+,17-,18-,19-,20+,21-,22+,23+,25+,26-/m1/s1. The van der Waals surface area contributed by atoms with Gasteiger partial charge in [-0.15, -0.1) is 0 Å². The molecule has 0 spiro atoms. The van der Waals surface area contributed by atoms with E-state index in [0.29, 0.717) is 5.56 Å². The van der Waals surface area contributed by atoms with Gasteiger partial charge in [-0.3, -0.25) is 0 Å². The predicted octanol–water partition coefficient (Wildman–Crippen LogP) is -1.21. The molecule has 3 aliphatic rings. The first-order chi connectivity index (χ1) is 18.6. The van der Waals surface area contributed by atoms with Crippen LogP contribution in [0.25, 0.3) is 6.08 Å². The molecule has 1 aliphatic carbocycles. The molecular weight excluding hydrogens is 520 g/mol. The minimum Gasteiger partial charge on any atom is -0.508 e. The smallest absolute Gasteiger partial charge is 0.337 e. The summed E-state index contributed by atoms with van der Waals surface area (Å²) in [7, 11) is 1.16. The molecule has 1 saturated carbocycles. The molecule has 1 saturated heterocycles. The Morgan fingerprint density at radius 1 is 1.00 bits per heavy atom. The van der Waals surface area contributed by atoms with Gasteiger partial charge in [0.25, 0.3) is 0 Å². The van der Waals surface area contributed by atoms with E-state index in [-0.39, 0.29) is 11.3 Å². The number of ether oxygens (including phenoxy) is 5. The molecule has 2 aliphatic heterocycles. The topological polar surface area (TPSA) is 202 Å². The van der Waals surface area contributed by atoms with Gasteiger partial charge in [-0.25, -0.2) is 9.59 Å². The molecule has 1 aromatic carbocycles. The maximum atomic E-state index is 12.7. The summed E-state index contributed by atoms with van der Waals surface area (Å²) >= 11 is 0. The molecule has 0 aromatic heterocycles. The molecule has 11 atom stereocenters. The summed E-state index contributed by atoms with van der Waals surface area (Å²) in [5.41, 5.74) is 0.594. The minimum atomic E-state index is -1.71. The average molecular weight is 553 g/mol. The monoisotopic (exact) mass is 552 g/mol. The number of benzene rings is 1. The predicted molar refractivity (Wildman–Crippen MR) is 129 cm³/mol. The quantitative estimate of drug-likeness (QED) is 0.174. The van der Waals surface area contributed by atoms with Crippen molar-refractivity contribution in [1.29, 1.82) is 0 Å². The number of rotatable bonds is 7. The molecule has 13 nitrogen and oxygen atoms in total. The second-order valence-corrected chi connectivity index (χ2v) is 9.68. The molecule has 39 heavy (non-hydrogen) atoms. The maximum absolute atomic E-state index is 12.7. The van der Waals surface area contributed by atoms with E-state index >= 15 is 0 Å². The number of phenolic OH excluding ortho intramolecular Hbond substituents is 1. The van der Waals surface area contributed by atoms with Crippen molar-refractivity contribution < 1.29 is 63.9 Å². The Morgan fingerprint density at radius 3 is 2.33 bits per heavy atom. The highest BCUT2D eigenvalue weighted by molar-refractivity contribution is 5.90. The third kappa shape index (κ3) is 5.79. The number of carbonyl (C=O) groups excluding carboxylic acids is 2. The summed E-state index contributed by atoms with van der Waals surface area (Å²) in [5, 5.41) is 60.5. The highest BCUT2D eigenvalue weighted by atomic mass is 16.8. The zero-order valence-corrected chi connectivity index (χ0v) is 21.1. The maximum Gasteiger partial charge on any atom is 0.337 e. The fraction of sp³-hybridized carbons (Fsp3) is 0.538. The van der Waals surface area contributed by atoms with Crippen LogP contribution in [0.1, 0.15) is 12.5 Å². The van der Waals surface area contributed by atoms with Crippen molar-refractivity contribution in [3.8, 4) is 5.75 Å². The van der Waals surface area contributed by atoms with Gasteiger partial charge in [0.05, 0.1) is 31.7 Å². The molecular formula is C26H32O13. The Labute approximate surface area is 223 Å². The fourth-order valence-electron chi connectivity index (χ4n) is 5.20. The van der Waals surface area contributed by atoms with Crippen LogP contribution in [0, 0.1) is 17.8 Å². The van der Waals surface area contributed by atoms with E-state index in [2.05, 4.69) is 0 Å². The zero-order chi connectivity index (χ0) is 28.4. The van der Waals surface area contributed by atoms with Gasteiger partial charge in [0.2, 0.25) is 6.29 Å². The number of methoxy groups -OCH3 is 1. The van der Waals surface area contributed by atoms with Crippen LogP contribution in [-0.2, 0) is 33.3 Å². The summed E-state index contributed by atoms with van der Waals surface area (Å²) in [6.07, 6.45) is -7.85. The Bertz CT molecular complexity index is 1080. The molecule has 6 N–H and O–H groups in total. The Morgan fingerprint density at radius 2 is 1.69 bits per heavy atom. The van der Waals surface area contributed by atoms with E-state index < -0.39 is 85.5 Å². The molecule has 0 bridgehead atoms. The van der Waals surface area contributed by atoms with Crippen molar-refractivity contribution in [2.45, 2.75) is 56.1 Å². The lowest BCUT2D eigenvalue weighted by atomic mass is 9.82. The third-order valence-electron chi connectivity index (χ3n) is 7.35. The van der Waals surface area contributed by atoms with Crippen LogP contribution in [-0.4, -0.2) is 105 Å². The van der Waals surface area contributed by atoms with Crippen LogP contribution in [0.3, 0.4) is 0 Å². The number of fused-ring (bicyclic) bond motifs is 1. The van der Waals surface area contributed by atoms with E-state index in [1.165, 1.54) is 18.2 Å². The lowest BCUT2D eigenvalue weighted by Crippen LogP contribution is -2.60. The molecule has 0 amide bonds. The van der Waals surface area contributed by atoms with Gasteiger partial charge in [-0.2, -0.15) is 0 Å². The number of phenols is 1. The first-order valence-electron chi connectivity index (χ1n) is 12.3. The number of hydrogen-bond donors (Lipinski definition) is 6. The SMILES string of the molecule is COC(=O)C1=CO[C@@H](O[C@H]2O[C@@H](CO)[C@H](O)[C@@H](O)[C@@H]2O)[C@@H]2[C@@H](C)[C@@H](O)[C@@H](OC(=O)C=Cc3ccc(O)cc3)[C@H]12. The van der Waals surface area contributed by atoms with Crippen molar-refractivity contribution in [1.82, 2.24) is 0 Å². The van der Waals surface area contributed by atoms with Crippen LogP contribution in [0.15, 0.2) is 42.2 Å². The summed E-state index contributed by atoms with van der Waals surface area (Å²) in [5.74, 6) is -3.95. The van der Waals surface area contributed by atoms with Gasteiger partial charge in [0.1, 0.15) is 36.3 Å². The first-order valence-corrected chi connectivity index (χ1v) is 12.3. The lowest BCUT2D eigenvalue weighted by molar-refractivity contribution is -0.343. The van der Waals surface area contributed by atoms with Crippen LogP contribution in [0.5, 0.6) is 5.75 Å². The first kappa shape index (κ1) is 29.0.